The number of amides is 2. The van der Waals surface area contributed by atoms with E-state index in [9.17, 15) is 4.79 Å². The molecule has 3 aromatic rings. The second-order valence-corrected chi connectivity index (χ2v) is 7.19. The number of ether oxygens (including phenoxy) is 1. The highest BCUT2D eigenvalue weighted by atomic mass is 16.5. The van der Waals surface area contributed by atoms with Crippen molar-refractivity contribution in [3.05, 3.63) is 77.7 Å². The van der Waals surface area contributed by atoms with Crippen LogP contribution < -0.4 is 15.4 Å². The fraction of sp³-hybridized carbons (Fsp3) is 0.261. The highest BCUT2D eigenvalue weighted by molar-refractivity contribution is 6.00. The summed E-state index contributed by atoms with van der Waals surface area (Å²) in [5, 5.41) is 5.51. The summed E-state index contributed by atoms with van der Waals surface area (Å²) in [6, 6.07) is 15.6. The number of nitrogens with zero attached hydrogens (tertiary/aromatic N) is 3. The number of hydrogen-bond donors (Lipinski definition) is 2. The summed E-state index contributed by atoms with van der Waals surface area (Å²) in [6.07, 6.45) is 3.12. The molecule has 0 fully saturated rings. The van der Waals surface area contributed by atoms with Crippen molar-refractivity contribution in [2.24, 2.45) is 0 Å². The van der Waals surface area contributed by atoms with Crippen LogP contribution in [-0.2, 0) is 6.54 Å². The van der Waals surface area contributed by atoms with Gasteiger partial charge in [-0.05, 0) is 44.2 Å². The molecule has 30 heavy (non-hydrogen) atoms. The predicted molar refractivity (Wildman–Crippen MR) is 119 cm³/mol. The van der Waals surface area contributed by atoms with Crippen LogP contribution in [0.4, 0.5) is 16.3 Å². The number of aryl methyl sites for hydroxylation is 2. The first-order valence-electron chi connectivity index (χ1n) is 9.82. The normalized spacial score (nSPS) is 10.7. The monoisotopic (exact) mass is 405 g/mol. The summed E-state index contributed by atoms with van der Waals surface area (Å²) < 4.78 is 5.96. The maximum atomic E-state index is 12.4. The SMILES string of the molecule is Cc1ccc(OCCN(C)Cc2ccccc2)c(NC(=O)Nc2cnc(C)cn2)c1. The van der Waals surface area contributed by atoms with Gasteiger partial charge >= 0.3 is 6.03 Å². The number of carbonyl (C=O) groups excluding carboxylic acids is 1. The van der Waals surface area contributed by atoms with Crippen molar-refractivity contribution in [3.63, 3.8) is 0 Å². The minimum atomic E-state index is -0.398. The van der Waals surface area contributed by atoms with Crippen LogP contribution >= 0.6 is 0 Å². The van der Waals surface area contributed by atoms with Gasteiger partial charge in [-0.2, -0.15) is 0 Å². The zero-order valence-corrected chi connectivity index (χ0v) is 17.6. The summed E-state index contributed by atoms with van der Waals surface area (Å²) in [5.41, 5.74) is 3.67. The summed E-state index contributed by atoms with van der Waals surface area (Å²) >= 11 is 0. The van der Waals surface area contributed by atoms with Gasteiger partial charge in [0.2, 0.25) is 0 Å². The van der Waals surface area contributed by atoms with Gasteiger partial charge in [0.15, 0.2) is 5.82 Å². The molecule has 0 aliphatic rings. The molecule has 0 radical (unpaired) electrons. The van der Waals surface area contributed by atoms with Crippen LogP contribution in [0.25, 0.3) is 0 Å². The Bertz CT molecular complexity index is 961. The van der Waals surface area contributed by atoms with Crippen LogP contribution in [0.1, 0.15) is 16.8 Å². The molecule has 2 N–H and O–H groups in total. The molecule has 0 spiro atoms. The molecule has 3 rings (SSSR count). The lowest BCUT2D eigenvalue weighted by atomic mass is 10.2. The molecule has 2 aromatic carbocycles. The molecular weight excluding hydrogens is 378 g/mol. The van der Waals surface area contributed by atoms with Gasteiger partial charge in [-0.25, -0.2) is 9.78 Å². The zero-order chi connectivity index (χ0) is 21.3. The van der Waals surface area contributed by atoms with Gasteiger partial charge < -0.3 is 10.1 Å². The zero-order valence-electron chi connectivity index (χ0n) is 17.6. The fourth-order valence-electron chi connectivity index (χ4n) is 2.88. The highest BCUT2D eigenvalue weighted by Crippen LogP contribution is 2.26. The molecule has 0 aliphatic carbocycles. The van der Waals surface area contributed by atoms with Crippen LogP contribution in [0.15, 0.2) is 60.9 Å². The van der Waals surface area contributed by atoms with E-state index in [0.717, 1.165) is 24.3 Å². The van der Waals surface area contributed by atoms with E-state index in [4.69, 9.17) is 4.74 Å². The Kier molecular flexibility index (Phi) is 7.34. The van der Waals surface area contributed by atoms with Crippen molar-refractivity contribution < 1.29 is 9.53 Å². The van der Waals surface area contributed by atoms with E-state index >= 15 is 0 Å². The van der Waals surface area contributed by atoms with E-state index in [1.807, 2.05) is 50.2 Å². The lowest BCUT2D eigenvalue weighted by Gasteiger charge is -2.18. The number of urea groups is 1. The molecule has 2 amide bonds. The van der Waals surface area contributed by atoms with Crippen molar-refractivity contribution in [2.45, 2.75) is 20.4 Å². The number of carbonyl (C=O) groups is 1. The maximum Gasteiger partial charge on any atom is 0.324 e. The van der Waals surface area contributed by atoms with Crippen molar-refractivity contribution >= 4 is 17.5 Å². The lowest BCUT2D eigenvalue weighted by molar-refractivity contribution is 0.233. The Morgan fingerprint density at radius 2 is 1.83 bits per heavy atom. The Labute approximate surface area is 177 Å². The molecule has 0 saturated carbocycles. The minimum Gasteiger partial charge on any atom is -0.490 e. The first-order valence-corrected chi connectivity index (χ1v) is 9.82. The average Bonchev–Trinajstić information content (AvgIpc) is 2.72. The summed E-state index contributed by atoms with van der Waals surface area (Å²) in [6.45, 7) is 5.92. The number of aromatic nitrogens is 2. The molecule has 1 heterocycles. The van der Waals surface area contributed by atoms with Crippen molar-refractivity contribution in [3.8, 4) is 5.75 Å². The van der Waals surface area contributed by atoms with Gasteiger partial charge in [0.05, 0.1) is 23.8 Å². The summed E-state index contributed by atoms with van der Waals surface area (Å²) in [7, 11) is 2.06. The van der Waals surface area contributed by atoms with Crippen LogP contribution in [-0.4, -0.2) is 41.1 Å². The van der Waals surface area contributed by atoms with Crippen molar-refractivity contribution in [1.82, 2.24) is 14.9 Å². The molecule has 156 valence electrons. The van der Waals surface area contributed by atoms with Gasteiger partial charge in [0, 0.05) is 13.1 Å². The van der Waals surface area contributed by atoms with Gasteiger partial charge in [-0.3, -0.25) is 15.2 Å². The first-order chi connectivity index (χ1) is 14.5. The smallest absolute Gasteiger partial charge is 0.324 e. The molecule has 7 heteroatoms. The van der Waals surface area contributed by atoms with Crippen LogP contribution in [0, 0.1) is 13.8 Å². The van der Waals surface area contributed by atoms with Gasteiger partial charge in [-0.1, -0.05) is 36.4 Å². The Hall–Kier alpha value is -3.45. The molecule has 0 atom stereocenters. The number of likely N-dealkylation sites (N-methyl/N-ethyl adjacent to an activating group) is 1. The van der Waals surface area contributed by atoms with Gasteiger partial charge in [0.1, 0.15) is 12.4 Å². The maximum absolute atomic E-state index is 12.4. The molecule has 0 unspecified atom stereocenters. The van der Waals surface area contributed by atoms with Crippen LogP contribution in [0.3, 0.4) is 0 Å². The van der Waals surface area contributed by atoms with Crippen LogP contribution in [0.2, 0.25) is 0 Å². The second kappa shape index (κ2) is 10.4. The number of anilines is 2. The minimum absolute atomic E-state index is 0.385. The van der Waals surface area contributed by atoms with Crippen molar-refractivity contribution in [1.29, 1.82) is 0 Å². The summed E-state index contributed by atoms with van der Waals surface area (Å²) in [4.78, 5) is 22.8. The predicted octanol–water partition coefficient (Wildman–Crippen LogP) is 4.25. The Balaban J connectivity index is 1.55. The van der Waals surface area contributed by atoms with Crippen molar-refractivity contribution in [2.75, 3.05) is 30.8 Å². The van der Waals surface area contributed by atoms with E-state index in [1.165, 1.54) is 11.8 Å². The van der Waals surface area contributed by atoms with E-state index in [2.05, 4.69) is 44.7 Å². The van der Waals surface area contributed by atoms with E-state index in [0.29, 0.717) is 23.9 Å². The van der Waals surface area contributed by atoms with Crippen LogP contribution in [0.5, 0.6) is 5.75 Å². The third kappa shape index (κ3) is 6.56. The molecule has 1 aromatic heterocycles. The fourth-order valence-corrected chi connectivity index (χ4v) is 2.88. The molecule has 7 nitrogen and oxygen atoms in total. The van der Waals surface area contributed by atoms with E-state index in [1.54, 1.807) is 6.20 Å². The highest BCUT2D eigenvalue weighted by Gasteiger charge is 2.10. The topological polar surface area (TPSA) is 79.4 Å². The Morgan fingerprint density at radius 1 is 1.03 bits per heavy atom. The first kappa shape index (κ1) is 21.3. The standard InChI is InChI=1S/C23H27N5O2/c1-17-9-10-21(30-12-11-28(3)16-19-7-5-4-6-8-19)20(13-17)26-23(29)27-22-15-24-18(2)14-25-22/h4-10,13-15H,11-12,16H2,1-3H3,(H2,25,26,27,29). The number of benzene rings is 2. The molecule has 0 aliphatic heterocycles. The third-order valence-corrected chi connectivity index (χ3v) is 4.43. The molecule has 0 bridgehead atoms. The number of hydrogen-bond acceptors (Lipinski definition) is 5. The van der Waals surface area contributed by atoms with Gasteiger partial charge in [0.25, 0.3) is 0 Å². The lowest BCUT2D eigenvalue weighted by Crippen LogP contribution is -2.24. The van der Waals surface area contributed by atoms with E-state index in [-0.39, 0.29) is 0 Å². The second-order valence-electron chi connectivity index (χ2n) is 7.19. The molecular formula is C23H27N5O2. The average molecular weight is 406 g/mol. The summed E-state index contributed by atoms with van der Waals surface area (Å²) in [5.74, 6) is 1.01. The number of nitrogens with one attached hydrogen (secondary N) is 2. The van der Waals surface area contributed by atoms with E-state index < -0.39 is 6.03 Å². The number of rotatable bonds is 8. The Morgan fingerprint density at radius 3 is 2.57 bits per heavy atom. The quantitative estimate of drug-likeness (QED) is 0.586. The largest absolute Gasteiger partial charge is 0.490 e. The van der Waals surface area contributed by atoms with Gasteiger partial charge in [-0.15, -0.1) is 0 Å². The molecule has 0 saturated heterocycles. The third-order valence-electron chi connectivity index (χ3n) is 4.43.